The maximum atomic E-state index is 13.6. The van der Waals surface area contributed by atoms with Crippen LogP contribution in [-0.2, 0) is 11.2 Å². The fraction of sp³-hybridized carbons (Fsp3) is 0.235. The average Bonchev–Trinajstić information content (AvgIpc) is 2.94. The Bertz CT molecular complexity index is 697. The van der Waals surface area contributed by atoms with Crippen LogP contribution in [0.15, 0.2) is 42.5 Å². The van der Waals surface area contributed by atoms with Gasteiger partial charge in [-0.25, -0.2) is 8.78 Å². The van der Waals surface area contributed by atoms with E-state index in [9.17, 15) is 13.6 Å². The van der Waals surface area contributed by atoms with Crippen LogP contribution in [0.1, 0.15) is 12.5 Å². The van der Waals surface area contributed by atoms with Gasteiger partial charge in [0.1, 0.15) is 23.4 Å². The summed E-state index contributed by atoms with van der Waals surface area (Å²) in [6.45, 7) is 2.45. The highest BCUT2D eigenvalue weighted by atomic mass is 19.1. The van der Waals surface area contributed by atoms with Crippen LogP contribution in [0.25, 0.3) is 0 Å². The van der Waals surface area contributed by atoms with Gasteiger partial charge in [0.05, 0.1) is 0 Å². The maximum Gasteiger partial charge on any atom is 0.246 e. The number of carbonyl (C=O) groups is 1. The van der Waals surface area contributed by atoms with E-state index in [1.807, 2.05) is 29.2 Å². The van der Waals surface area contributed by atoms with Crippen LogP contribution in [0.2, 0.25) is 0 Å². The number of para-hydroxylation sites is 2. The number of carbonyl (C=O) groups excluding carboxylic acids is 1. The Kier molecular flexibility index (Phi) is 3.79. The lowest BCUT2D eigenvalue weighted by atomic mass is 10.1. The van der Waals surface area contributed by atoms with Gasteiger partial charge in [-0.2, -0.15) is 0 Å². The van der Waals surface area contributed by atoms with Gasteiger partial charge in [-0.1, -0.05) is 24.3 Å². The molecule has 0 aromatic heterocycles. The highest BCUT2D eigenvalue weighted by Gasteiger charge is 2.28. The molecule has 0 saturated carbocycles. The maximum absolute atomic E-state index is 13.6. The highest BCUT2D eigenvalue weighted by Crippen LogP contribution is 2.29. The van der Waals surface area contributed by atoms with Gasteiger partial charge in [0.25, 0.3) is 0 Å². The lowest BCUT2D eigenvalue weighted by molar-refractivity contribution is -0.117. The molecule has 3 rings (SSSR count). The molecule has 22 heavy (non-hydrogen) atoms. The van der Waals surface area contributed by atoms with E-state index in [0.717, 1.165) is 24.2 Å². The number of benzene rings is 2. The molecule has 1 heterocycles. The quantitative estimate of drug-likeness (QED) is 0.943. The topological polar surface area (TPSA) is 32.3 Å². The molecular weight excluding hydrogens is 286 g/mol. The van der Waals surface area contributed by atoms with Crippen LogP contribution in [0.5, 0.6) is 0 Å². The van der Waals surface area contributed by atoms with Crippen molar-refractivity contribution in [3.63, 3.8) is 0 Å². The minimum Gasteiger partial charge on any atom is -0.359 e. The first-order valence-electron chi connectivity index (χ1n) is 7.17. The van der Waals surface area contributed by atoms with Crippen molar-refractivity contribution in [1.29, 1.82) is 0 Å². The largest absolute Gasteiger partial charge is 0.359 e. The van der Waals surface area contributed by atoms with E-state index in [-0.39, 0.29) is 0 Å². The Morgan fingerprint density at radius 1 is 1.14 bits per heavy atom. The molecule has 5 heteroatoms. The molecule has 0 radical (unpaired) electrons. The first-order chi connectivity index (χ1) is 10.6. The molecule has 1 aliphatic heterocycles. The SMILES string of the molecule is C[C@H](C(=O)Nc1c(F)cccc1F)N1CCc2ccccc21. The first-order valence-corrected chi connectivity index (χ1v) is 7.17. The smallest absolute Gasteiger partial charge is 0.246 e. The third-order valence-corrected chi connectivity index (χ3v) is 3.98. The zero-order valence-electron chi connectivity index (χ0n) is 12.1. The predicted molar refractivity (Wildman–Crippen MR) is 81.9 cm³/mol. The van der Waals surface area contributed by atoms with Crippen molar-refractivity contribution in [3.8, 4) is 0 Å². The third kappa shape index (κ3) is 2.54. The van der Waals surface area contributed by atoms with Crippen molar-refractivity contribution in [1.82, 2.24) is 0 Å². The Morgan fingerprint density at radius 3 is 2.55 bits per heavy atom. The van der Waals surface area contributed by atoms with Crippen molar-refractivity contribution in [2.24, 2.45) is 0 Å². The first kappa shape index (κ1) is 14.5. The van der Waals surface area contributed by atoms with E-state index in [0.29, 0.717) is 6.54 Å². The Hall–Kier alpha value is -2.43. The normalized spacial score (nSPS) is 14.6. The van der Waals surface area contributed by atoms with Gasteiger partial charge >= 0.3 is 0 Å². The van der Waals surface area contributed by atoms with Crippen LogP contribution in [0.3, 0.4) is 0 Å². The Labute approximate surface area is 127 Å². The number of amides is 1. The van der Waals surface area contributed by atoms with Gasteiger partial charge in [-0.15, -0.1) is 0 Å². The van der Waals surface area contributed by atoms with Crippen LogP contribution >= 0.6 is 0 Å². The summed E-state index contributed by atoms with van der Waals surface area (Å²) in [6.07, 6.45) is 0.863. The summed E-state index contributed by atoms with van der Waals surface area (Å²) in [4.78, 5) is 14.3. The van der Waals surface area contributed by atoms with Gasteiger partial charge < -0.3 is 10.2 Å². The standard InChI is InChI=1S/C17H16F2N2O/c1-11(21-10-9-12-5-2-3-8-15(12)21)17(22)20-16-13(18)6-4-7-14(16)19/h2-8,11H,9-10H2,1H3,(H,20,22)/t11-/m1/s1. The number of fused-ring (bicyclic) bond motifs is 1. The molecule has 1 amide bonds. The number of nitrogens with zero attached hydrogens (tertiary/aromatic N) is 1. The monoisotopic (exact) mass is 302 g/mol. The minimum absolute atomic E-state index is 0.396. The fourth-order valence-corrected chi connectivity index (χ4v) is 2.75. The van der Waals surface area contributed by atoms with E-state index in [1.165, 1.54) is 11.6 Å². The molecular formula is C17H16F2N2O. The van der Waals surface area contributed by atoms with Crippen LogP contribution in [-0.4, -0.2) is 18.5 Å². The number of anilines is 2. The second kappa shape index (κ2) is 5.75. The zero-order valence-corrected chi connectivity index (χ0v) is 12.1. The lowest BCUT2D eigenvalue weighted by Crippen LogP contribution is -2.41. The number of halogens is 2. The molecule has 3 nitrogen and oxygen atoms in total. The molecule has 2 aromatic rings. The van der Waals surface area contributed by atoms with E-state index in [2.05, 4.69) is 5.32 Å². The predicted octanol–water partition coefficient (Wildman–Crippen LogP) is 3.35. The van der Waals surface area contributed by atoms with Gasteiger partial charge in [-0.05, 0) is 37.1 Å². The van der Waals surface area contributed by atoms with Gasteiger partial charge in [0.2, 0.25) is 5.91 Å². The average molecular weight is 302 g/mol. The molecule has 0 unspecified atom stereocenters. The second-order valence-electron chi connectivity index (χ2n) is 5.33. The zero-order chi connectivity index (χ0) is 15.7. The van der Waals surface area contributed by atoms with Crippen molar-refractivity contribution in [3.05, 3.63) is 59.7 Å². The molecule has 1 N–H and O–H groups in total. The Morgan fingerprint density at radius 2 is 1.82 bits per heavy atom. The van der Waals surface area contributed by atoms with Crippen molar-refractivity contribution >= 4 is 17.3 Å². The summed E-state index contributed by atoms with van der Waals surface area (Å²) in [5, 5.41) is 2.36. The van der Waals surface area contributed by atoms with Crippen LogP contribution in [0.4, 0.5) is 20.2 Å². The van der Waals surface area contributed by atoms with Crippen molar-refractivity contribution < 1.29 is 13.6 Å². The molecule has 1 aliphatic rings. The van der Waals surface area contributed by atoms with E-state index < -0.39 is 29.3 Å². The van der Waals surface area contributed by atoms with E-state index >= 15 is 0 Å². The molecule has 0 aliphatic carbocycles. The summed E-state index contributed by atoms with van der Waals surface area (Å²) in [7, 11) is 0. The summed E-state index contributed by atoms with van der Waals surface area (Å²) >= 11 is 0. The molecule has 0 spiro atoms. The molecule has 0 fully saturated rings. The van der Waals surface area contributed by atoms with Gasteiger partial charge in [-0.3, -0.25) is 4.79 Å². The number of rotatable bonds is 3. The third-order valence-electron chi connectivity index (χ3n) is 3.98. The fourth-order valence-electron chi connectivity index (χ4n) is 2.75. The van der Waals surface area contributed by atoms with Crippen LogP contribution in [0, 0.1) is 11.6 Å². The van der Waals surface area contributed by atoms with Gasteiger partial charge in [0.15, 0.2) is 0 Å². The van der Waals surface area contributed by atoms with Crippen molar-refractivity contribution in [2.75, 3.05) is 16.8 Å². The molecule has 0 saturated heterocycles. The summed E-state index contributed by atoms with van der Waals surface area (Å²) in [5.41, 5.74) is 1.78. The number of nitrogens with one attached hydrogen (secondary N) is 1. The van der Waals surface area contributed by atoms with Crippen LogP contribution < -0.4 is 10.2 Å². The lowest BCUT2D eigenvalue weighted by Gasteiger charge is -2.26. The minimum atomic E-state index is -0.776. The van der Waals surface area contributed by atoms with Crippen molar-refractivity contribution in [2.45, 2.75) is 19.4 Å². The molecule has 2 aromatic carbocycles. The van der Waals surface area contributed by atoms with E-state index in [1.54, 1.807) is 6.92 Å². The summed E-state index contributed by atoms with van der Waals surface area (Å²) in [6, 6.07) is 10.8. The number of hydrogen-bond acceptors (Lipinski definition) is 2. The Balaban J connectivity index is 1.79. The summed E-state index contributed by atoms with van der Waals surface area (Å²) in [5.74, 6) is -1.98. The number of hydrogen-bond donors (Lipinski definition) is 1. The molecule has 1 atom stereocenters. The van der Waals surface area contributed by atoms with Gasteiger partial charge in [0, 0.05) is 12.2 Å². The highest BCUT2D eigenvalue weighted by molar-refractivity contribution is 5.97. The molecule has 114 valence electrons. The summed E-state index contributed by atoms with van der Waals surface area (Å²) < 4.78 is 27.2. The van der Waals surface area contributed by atoms with E-state index in [4.69, 9.17) is 0 Å². The molecule has 0 bridgehead atoms. The second-order valence-corrected chi connectivity index (χ2v) is 5.33.